The smallest absolute Gasteiger partial charge is 0.223 e. The van der Waals surface area contributed by atoms with E-state index in [4.69, 9.17) is 4.74 Å². The summed E-state index contributed by atoms with van der Waals surface area (Å²) in [6.45, 7) is 4.23. The number of carbonyl (C=O) groups excluding carboxylic acids is 1. The van der Waals surface area contributed by atoms with E-state index in [1.165, 1.54) is 12.8 Å². The molecule has 2 saturated carbocycles. The maximum atomic E-state index is 11.9. The summed E-state index contributed by atoms with van der Waals surface area (Å²) in [7, 11) is 0. The van der Waals surface area contributed by atoms with Crippen LogP contribution in [0, 0.1) is 17.8 Å². The molecule has 1 heterocycles. The lowest BCUT2D eigenvalue weighted by Gasteiger charge is -2.28. The zero-order chi connectivity index (χ0) is 13.2. The van der Waals surface area contributed by atoms with Crippen molar-refractivity contribution in [1.82, 2.24) is 10.2 Å². The summed E-state index contributed by atoms with van der Waals surface area (Å²) < 4.78 is 5.27. The number of hydrogen-bond acceptors (Lipinski definition) is 4. The van der Waals surface area contributed by atoms with Crippen LogP contribution in [0.1, 0.15) is 19.3 Å². The quantitative estimate of drug-likeness (QED) is 0.703. The summed E-state index contributed by atoms with van der Waals surface area (Å²) in [6, 6.07) is 0. The first kappa shape index (κ1) is 13.3. The third-order valence-electron chi connectivity index (χ3n) is 4.49. The predicted molar refractivity (Wildman–Crippen MR) is 70.6 cm³/mol. The minimum Gasteiger partial charge on any atom is -0.390 e. The van der Waals surface area contributed by atoms with Crippen LogP contribution in [-0.4, -0.2) is 61.4 Å². The van der Waals surface area contributed by atoms with Crippen LogP contribution in [0.4, 0.5) is 0 Å². The highest BCUT2D eigenvalue weighted by atomic mass is 16.5. The van der Waals surface area contributed by atoms with Gasteiger partial charge in [0, 0.05) is 32.1 Å². The van der Waals surface area contributed by atoms with E-state index in [1.54, 1.807) is 0 Å². The van der Waals surface area contributed by atoms with E-state index >= 15 is 0 Å². The largest absolute Gasteiger partial charge is 0.390 e. The van der Waals surface area contributed by atoms with Crippen LogP contribution in [0.2, 0.25) is 0 Å². The van der Waals surface area contributed by atoms with E-state index in [1.807, 2.05) is 0 Å². The van der Waals surface area contributed by atoms with E-state index in [9.17, 15) is 9.90 Å². The Bertz CT molecular complexity index is 327. The van der Waals surface area contributed by atoms with E-state index < -0.39 is 6.10 Å². The maximum Gasteiger partial charge on any atom is 0.223 e. The average molecular weight is 268 g/mol. The van der Waals surface area contributed by atoms with Gasteiger partial charge in [-0.25, -0.2) is 0 Å². The third-order valence-corrected chi connectivity index (χ3v) is 4.49. The van der Waals surface area contributed by atoms with Crippen molar-refractivity contribution in [1.29, 1.82) is 0 Å². The molecule has 5 nitrogen and oxygen atoms in total. The van der Waals surface area contributed by atoms with Gasteiger partial charge in [0.25, 0.3) is 0 Å². The van der Waals surface area contributed by atoms with Gasteiger partial charge < -0.3 is 15.2 Å². The van der Waals surface area contributed by atoms with Crippen molar-refractivity contribution in [3.8, 4) is 0 Å². The van der Waals surface area contributed by atoms with Gasteiger partial charge in [-0.15, -0.1) is 0 Å². The van der Waals surface area contributed by atoms with Crippen molar-refractivity contribution in [3.63, 3.8) is 0 Å². The normalized spacial score (nSPS) is 32.9. The van der Waals surface area contributed by atoms with Gasteiger partial charge in [-0.1, -0.05) is 0 Å². The Morgan fingerprint density at radius 1 is 1.37 bits per heavy atom. The molecule has 1 amide bonds. The molecule has 2 N–H and O–H groups in total. The van der Waals surface area contributed by atoms with Crippen LogP contribution in [0.5, 0.6) is 0 Å². The van der Waals surface area contributed by atoms with Gasteiger partial charge in [-0.3, -0.25) is 9.69 Å². The van der Waals surface area contributed by atoms with E-state index in [-0.39, 0.29) is 11.8 Å². The highest BCUT2D eigenvalue weighted by molar-refractivity contribution is 5.81. The van der Waals surface area contributed by atoms with Crippen molar-refractivity contribution >= 4 is 5.91 Å². The molecule has 0 aromatic rings. The SMILES string of the molecule is O=C(NC[C@H](O)CN1CCOCC1)[C@@H]1C[C@@H]1C1CC1. The molecule has 19 heavy (non-hydrogen) atoms. The molecule has 0 aromatic carbocycles. The molecule has 2 aliphatic carbocycles. The van der Waals surface area contributed by atoms with Gasteiger partial charge in [0.05, 0.1) is 19.3 Å². The molecule has 0 aromatic heterocycles. The van der Waals surface area contributed by atoms with E-state index in [0.717, 1.165) is 38.6 Å². The van der Waals surface area contributed by atoms with Crippen molar-refractivity contribution in [2.24, 2.45) is 17.8 Å². The van der Waals surface area contributed by atoms with Gasteiger partial charge in [-0.2, -0.15) is 0 Å². The molecule has 0 radical (unpaired) electrons. The second kappa shape index (κ2) is 5.77. The highest BCUT2D eigenvalue weighted by Gasteiger charge is 2.50. The summed E-state index contributed by atoms with van der Waals surface area (Å²) in [4.78, 5) is 14.1. The first-order chi connectivity index (χ1) is 9.24. The van der Waals surface area contributed by atoms with Gasteiger partial charge in [0.1, 0.15) is 0 Å². The zero-order valence-electron chi connectivity index (χ0n) is 11.4. The number of nitrogens with one attached hydrogen (secondary N) is 1. The van der Waals surface area contributed by atoms with Crippen molar-refractivity contribution in [3.05, 3.63) is 0 Å². The first-order valence-corrected chi connectivity index (χ1v) is 7.50. The Balaban J connectivity index is 1.31. The molecule has 5 heteroatoms. The van der Waals surface area contributed by atoms with Crippen LogP contribution in [0.25, 0.3) is 0 Å². The van der Waals surface area contributed by atoms with E-state index in [2.05, 4.69) is 10.2 Å². The number of ether oxygens (including phenoxy) is 1. The third kappa shape index (κ3) is 3.68. The summed E-state index contributed by atoms with van der Waals surface area (Å²) >= 11 is 0. The van der Waals surface area contributed by atoms with Crippen LogP contribution < -0.4 is 5.32 Å². The molecular formula is C14H24N2O3. The topological polar surface area (TPSA) is 61.8 Å². The fourth-order valence-electron chi connectivity index (χ4n) is 3.06. The fourth-order valence-corrected chi connectivity index (χ4v) is 3.06. The zero-order valence-corrected chi connectivity index (χ0v) is 11.4. The summed E-state index contributed by atoms with van der Waals surface area (Å²) in [5.74, 6) is 1.87. The first-order valence-electron chi connectivity index (χ1n) is 7.50. The fraction of sp³-hybridized carbons (Fsp3) is 0.929. The molecule has 0 spiro atoms. The van der Waals surface area contributed by atoms with Crippen LogP contribution in [0.3, 0.4) is 0 Å². The molecule has 3 rings (SSSR count). The number of aliphatic hydroxyl groups excluding tert-OH is 1. The Morgan fingerprint density at radius 3 is 2.79 bits per heavy atom. The molecule has 3 aliphatic rings. The summed E-state index contributed by atoms with van der Waals surface area (Å²) in [5, 5.41) is 12.8. The Morgan fingerprint density at radius 2 is 2.11 bits per heavy atom. The van der Waals surface area contributed by atoms with Gasteiger partial charge in [0.2, 0.25) is 5.91 Å². The summed E-state index contributed by atoms with van der Waals surface area (Å²) in [6.07, 6.45) is 3.22. The van der Waals surface area contributed by atoms with Crippen LogP contribution in [-0.2, 0) is 9.53 Å². The Hall–Kier alpha value is -0.650. The van der Waals surface area contributed by atoms with Gasteiger partial charge in [-0.05, 0) is 31.1 Å². The molecule has 108 valence electrons. The standard InChI is InChI=1S/C14H24N2O3/c17-11(9-16-3-5-19-6-4-16)8-15-14(18)13-7-12(13)10-1-2-10/h10-13,17H,1-9H2,(H,15,18)/t11-,12+,13+/m0/s1. The second-order valence-electron chi connectivity index (χ2n) is 6.16. The Labute approximate surface area is 114 Å². The monoisotopic (exact) mass is 268 g/mol. The number of morpholine rings is 1. The molecule has 0 bridgehead atoms. The lowest BCUT2D eigenvalue weighted by Crippen LogP contribution is -2.44. The molecule has 3 atom stereocenters. The molecule has 3 fully saturated rings. The van der Waals surface area contributed by atoms with Crippen molar-refractivity contribution < 1.29 is 14.6 Å². The minimum atomic E-state index is -0.472. The molecule has 1 aliphatic heterocycles. The number of aliphatic hydroxyl groups is 1. The predicted octanol–water partition coefficient (Wildman–Crippen LogP) is -0.158. The number of β-amino-alcohol motifs (C(OH)–C–C–N with tert-alkyl or cyclic N) is 1. The highest BCUT2D eigenvalue weighted by Crippen LogP contribution is 2.54. The average Bonchev–Trinajstić information content (AvgIpc) is 3.28. The number of amides is 1. The number of nitrogens with zero attached hydrogens (tertiary/aromatic N) is 1. The number of hydrogen-bond donors (Lipinski definition) is 2. The van der Waals surface area contributed by atoms with Crippen molar-refractivity contribution in [2.45, 2.75) is 25.4 Å². The van der Waals surface area contributed by atoms with Crippen molar-refractivity contribution in [2.75, 3.05) is 39.4 Å². The summed E-state index contributed by atoms with van der Waals surface area (Å²) in [5.41, 5.74) is 0. The maximum absolute atomic E-state index is 11.9. The molecular weight excluding hydrogens is 244 g/mol. The molecule has 1 saturated heterocycles. The second-order valence-corrected chi connectivity index (χ2v) is 6.16. The van der Waals surface area contributed by atoms with E-state index in [0.29, 0.717) is 19.0 Å². The lowest BCUT2D eigenvalue weighted by atomic mass is 10.2. The van der Waals surface area contributed by atoms with Crippen LogP contribution >= 0.6 is 0 Å². The molecule has 0 unspecified atom stereocenters. The lowest BCUT2D eigenvalue weighted by molar-refractivity contribution is -0.123. The van der Waals surface area contributed by atoms with Crippen LogP contribution in [0.15, 0.2) is 0 Å². The number of carbonyl (C=O) groups is 1. The number of rotatable bonds is 6. The Kier molecular flexibility index (Phi) is 4.05. The van der Waals surface area contributed by atoms with Gasteiger partial charge in [0.15, 0.2) is 0 Å². The minimum absolute atomic E-state index is 0.151. The van der Waals surface area contributed by atoms with Gasteiger partial charge >= 0.3 is 0 Å².